The summed E-state index contributed by atoms with van der Waals surface area (Å²) >= 11 is 0. The highest BCUT2D eigenvalue weighted by Gasteiger charge is 2.28. The molecular formula is C14H23NO2. The van der Waals surface area contributed by atoms with Crippen molar-refractivity contribution in [1.82, 2.24) is 5.32 Å². The molecule has 2 N–H and O–H groups in total. The van der Waals surface area contributed by atoms with E-state index in [1.165, 1.54) is 0 Å². The molecule has 1 aromatic rings. The molecule has 0 aromatic heterocycles. The van der Waals surface area contributed by atoms with E-state index >= 15 is 0 Å². The zero-order chi connectivity index (χ0) is 12.7. The molecule has 0 heterocycles. The molecule has 0 radical (unpaired) electrons. The molecule has 0 saturated heterocycles. The largest absolute Gasteiger partial charge is 0.381 e. The van der Waals surface area contributed by atoms with Crippen LogP contribution >= 0.6 is 0 Å². The van der Waals surface area contributed by atoms with Crippen LogP contribution in [0.2, 0.25) is 0 Å². The van der Waals surface area contributed by atoms with Crippen molar-refractivity contribution in [3.05, 3.63) is 35.9 Å². The molecule has 0 spiro atoms. The van der Waals surface area contributed by atoms with E-state index in [-0.39, 0.29) is 0 Å². The van der Waals surface area contributed by atoms with Gasteiger partial charge in [0.2, 0.25) is 0 Å². The second kappa shape index (κ2) is 6.74. The van der Waals surface area contributed by atoms with Crippen molar-refractivity contribution in [2.75, 3.05) is 26.8 Å². The van der Waals surface area contributed by atoms with E-state index in [0.29, 0.717) is 19.1 Å². The van der Waals surface area contributed by atoms with E-state index < -0.39 is 5.60 Å². The Morgan fingerprint density at radius 3 is 2.47 bits per heavy atom. The van der Waals surface area contributed by atoms with Crippen LogP contribution in [0.4, 0.5) is 0 Å². The highest BCUT2D eigenvalue weighted by molar-refractivity contribution is 5.22. The summed E-state index contributed by atoms with van der Waals surface area (Å²) in [5.41, 5.74) is -0.0663. The van der Waals surface area contributed by atoms with Crippen molar-refractivity contribution < 1.29 is 9.84 Å². The monoisotopic (exact) mass is 237 g/mol. The van der Waals surface area contributed by atoms with Crippen LogP contribution in [0.25, 0.3) is 0 Å². The molecule has 96 valence electrons. The molecule has 1 rings (SSSR count). The molecule has 3 nitrogen and oxygen atoms in total. The number of methoxy groups -OCH3 is 1. The summed E-state index contributed by atoms with van der Waals surface area (Å²) in [5.74, 6) is 0.567. The van der Waals surface area contributed by atoms with Gasteiger partial charge in [-0.15, -0.1) is 0 Å². The Kier molecular flexibility index (Phi) is 5.62. The minimum Gasteiger partial charge on any atom is -0.381 e. The topological polar surface area (TPSA) is 41.5 Å². The first-order valence-electron chi connectivity index (χ1n) is 6.06. The number of hydrogen-bond donors (Lipinski definition) is 2. The third-order valence-electron chi connectivity index (χ3n) is 2.66. The third kappa shape index (κ3) is 4.46. The van der Waals surface area contributed by atoms with Gasteiger partial charge in [0.15, 0.2) is 0 Å². The molecule has 17 heavy (non-hydrogen) atoms. The first-order chi connectivity index (χ1) is 8.08. The van der Waals surface area contributed by atoms with E-state index in [1.807, 2.05) is 30.3 Å². The summed E-state index contributed by atoms with van der Waals surface area (Å²) in [6, 6.07) is 9.65. The third-order valence-corrected chi connectivity index (χ3v) is 2.66. The van der Waals surface area contributed by atoms with Crippen molar-refractivity contribution in [2.24, 2.45) is 5.92 Å². The summed E-state index contributed by atoms with van der Waals surface area (Å²) in [6.07, 6.45) is 0. The van der Waals surface area contributed by atoms with Crippen LogP contribution in [0, 0.1) is 5.92 Å². The minimum absolute atomic E-state index is 0.294. The molecule has 3 heteroatoms. The summed E-state index contributed by atoms with van der Waals surface area (Å²) in [5, 5.41) is 13.9. The second-order valence-electron chi connectivity index (χ2n) is 4.86. The Hall–Kier alpha value is -0.900. The van der Waals surface area contributed by atoms with E-state index in [4.69, 9.17) is 4.74 Å². The molecule has 0 aliphatic carbocycles. The first kappa shape index (κ1) is 14.2. The zero-order valence-corrected chi connectivity index (χ0v) is 10.9. The Morgan fingerprint density at radius 1 is 1.29 bits per heavy atom. The van der Waals surface area contributed by atoms with Crippen LogP contribution in [0.5, 0.6) is 0 Å². The summed E-state index contributed by atoms with van der Waals surface area (Å²) in [6.45, 7) is 5.97. The van der Waals surface area contributed by atoms with Crippen molar-refractivity contribution in [3.63, 3.8) is 0 Å². The quantitative estimate of drug-likeness (QED) is 0.759. The molecule has 0 bridgehead atoms. The van der Waals surface area contributed by atoms with Crippen molar-refractivity contribution >= 4 is 0 Å². The molecule has 0 aliphatic rings. The van der Waals surface area contributed by atoms with Gasteiger partial charge in [0.1, 0.15) is 5.60 Å². The normalized spacial score (nSPS) is 14.9. The van der Waals surface area contributed by atoms with E-state index in [2.05, 4.69) is 19.2 Å². The van der Waals surface area contributed by atoms with E-state index in [9.17, 15) is 5.11 Å². The lowest BCUT2D eigenvalue weighted by molar-refractivity contribution is -0.0348. The Bertz CT molecular complexity index is 313. The summed E-state index contributed by atoms with van der Waals surface area (Å²) in [4.78, 5) is 0. The number of ether oxygens (including phenoxy) is 1. The molecular weight excluding hydrogens is 214 g/mol. The van der Waals surface area contributed by atoms with Crippen LogP contribution in [0.3, 0.4) is 0 Å². The second-order valence-corrected chi connectivity index (χ2v) is 4.86. The van der Waals surface area contributed by atoms with Gasteiger partial charge in [0.25, 0.3) is 0 Å². The summed E-state index contributed by atoms with van der Waals surface area (Å²) < 4.78 is 5.13. The van der Waals surface area contributed by atoms with Gasteiger partial charge in [0, 0.05) is 13.7 Å². The molecule has 1 atom stereocenters. The number of hydrogen-bond acceptors (Lipinski definition) is 3. The summed E-state index contributed by atoms with van der Waals surface area (Å²) in [7, 11) is 1.61. The fraction of sp³-hybridized carbons (Fsp3) is 0.571. The van der Waals surface area contributed by atoms with Gasteiger partial charge in [0.05, 0.1) is 6.61 Å². The van der Waals surface area contributed by atoms with Crippen LogP contribution in [-0.4, -0.2) is 31.9 Å². The van der Waals surface area contributed by atoms with E-state index in [0.717, 1.165) is 12.1 Å². The van der Waals surface area contributed by atoms with Crippen LogP contribution in [0.1, 0.15) is 19.4 Å². The average Bonchev–Trinajstić information content (AvgIpc) is 2.30. The highest BCUT2D eigenvalue weighted by atomic mass is 16.5. The number of benzene rings is 1. The zero-order valence-electron chi connectivity index (χ0n) is 10.9. The Morgan fingerprint density at radius 2 is 1.94 bits per heavy atom. The maximum Gasteiger partial charge on any atom is 0.125 e. The van der Waals surface area contributed by atoms with Gasteiger partial charge in [-0.2, -0.15) is 0 Å². The highest BCUT2D eigenvalue weighted by Crippen LogP contribution is 2.20. The predicted octanol–water partition coefficient (Wildman–Crippen LogP) is 1.77. The van der Waals surface area contributed by atoms with Crippen molar-refractivity contribution in [2.45, 2.75) is 19.4 Å². The van der Waals surface area contributed by atoms with Gasteiger partial charge < -0.3 is 15.2 Å². The van der Waals surface area contributed by atoms with Gasteiger partial charge in [-0.25, -0.2) is 0 Å². The average molecular weight is 237 g/mol. The number of aliphatic hydroxyl groups is 1. The fourth-order valence-electron chi connectivity index (χ4n) is 1.79. The lowest BCUT2D eigenvalue weighted by Gasteiger charge is -2.28. The van der Waals surface area contributed by atoms with E-state index in [1.54, 1.807) is 7.11 Å². The SMILES string of the molecule is COCC(O)(CNCC(C)C)c1ccccc1. The smallest absolute Gasteiger partial charge is 0.125 e. The van der Waals surface area contributed by atoms with Gasteiger partial charge in [-0.05, 0) is 18.0 Å². The standard InChI is InChI=1S/C14H23NO2/c1-12(2)9-15-10-14(16,11-17-3)13-7-5-4-6-8-13/h4-8,12,15-16H,9-11H2,1-3H3. The molecule has 0 fully saturated rings. The van der Waals surface area contributed by atoms with Crippen molar-refractivity contribution in [1.29, 1.82) is 0 Å². The molecule has 0 saturated carbocycles. The molecule has 1 unspecified atom stereocenters. The Labute approximate surface area is 104 Å². The fourth-order valence-corrected chi connectivity index (χ4v) is 1.79. The number of nitrogens with one attached hydrogen (secondary N) is 1. The van der Waals surface area contributed by atoms with Crippen LogP contribution in [-0.2, 0) is 10.3 Å². The first-order valence-corrected chi connectivity index (χ1v) is 6.06. The molecule has 1 aromatic carbocycles. The lowest BCUT2D eigenvalue weighted by atomic mass is 9.94. The maximum absolute atomic E-state index is 10.6. The lowest BCUT2D eigenvalue weighted by Crippen LogP contribution is -2.42. The maximum atomic E-state index is 10.6. The van der Waals surface area contributed by atoms with Crippen LogP contribution in [0.15, 0.2) is 30.3 Å². The van der Waals surface area contributed by atoms with Gasteiger partial charge in [-0.1, -0.05) is 44.2 Å². The molecule has 0 amide bonds. The molecule has 0 aliphatic heterocycles. The minimum atomic E-state index is -0.953. The predicted molar refractivity (Wildman–Crippen MR) is 69.9 cm³/mol. The van der Waals surface area contributed by atoms with Gasteiger partial charge >= 0.3 is 0 Å². The van der Waals surface area contributed by atoms with Crippen molar-refractivity contribution in [3.8, 4) is 0 Å². The number of rotatable bonds is 7. The van der Waals surface area contributed by atoms with Crippen LogP contribution < -0.4 is 5.32 Å². The van der Waals surface area contributed by atoms with Gasteiger partial charge in [-0.3, -0.25) is 0 Å². The Balaban J connectivity index is 2.68.